The van der Waals surface area contributed by atoms with Crippen LogP contribution < -0.4 is 4.74 Å². The van der Waals surface area contributed by atoms with Crippen molar-refractivity contribution in [2.45, 2.75) is 24.8 Å². The van der Waals surface area contributed by atoms with Gasteiger partial charge in [-0.2, -0.15) is 4.68 Å². The van der Waals surface area contributed by atoms with E-state index >= 15 is 0 Å². The van der Waals surface area contributed by atoms with E-state index in [-0.39, 0.29) is 0 Å². The number of tetrazole rings is 1. The maximum Gasteiger partial charge on any atom is 0.214 e. The first kappa shape index (κ1) is 16.8. The Kier molecular flexibility index (Phi) is 5.06. The van der Waals surface area contributed by atoms with Crippen LogP contribution in [0.4, 0.5) is 0 Å². The molecule has 0 bridgehead atoms. The molecule has 0 radical (unpaired) electrons. The quantitative estimate of drug-likeness (QED) is 0.637. The van der Waals surface area contributed by atoms with E-state index in [1.165, 1.54) is 5.56 Å². The Morgan fingerprint density at radius 2 is 2.00 bits per heavy atom. The fourth-order valence-corrected chi connectivity index (χ4v) is 3.43. The summed E-state index contributed by atoms with van der Waals surface area (Å²) in [6.07, 6.45) is 0. The third-order valence-corrected chi connectivity index (χ3v) is 4.84. The van der Waals surface area contributed by atoms with Gasteiger partial charge in [-0.3, -0.25) is 0 Å². The molecule has 7 heteroatoms. The third kappa shape index (κ3) is 3.55. The standard InChI is InChI=1S/C17H17ClN4OS/c1-11-4-5-12(2)15(8-11)22-17(19-20-21-22)24-10-13-9-14(18)6-7-16(13)23-3/h4-9H,10H2,1-3H3. The molecule has 0 atom stereocenters. The van der Waals surface area contributed by atoms with Crippen molar-refractivity contribution in [2.75, 3.05) is 7.11 Å². The van der Waals surface area contributed by atoms with Crippen LogP contribution in [0.15, 0.2) is 41.6 Å². The topological polar surface area (TPSA) is 52.8 Å². The minimum absolute atomic E-state index is 0.662. The van der Waals surface area contributed by atoms with Crippen LogP contribution in [0, 0.1) is 13.8 Å². The number of nitrogens with zero attached hydrogens (tertiary/aromatic N) is 4. The Hall–Kier alpha value is -2.05. The number of rotatable bonds is 5. The van der Waals surface area contributed by atoms with Crippen LogP contribution in [0.25, 0.3) is 5.69 Å². The summed E-state index contributed by atoms with van der Waals surface area (Å²) >= 11 is 7.63. The first-order valence-electron chi connectivity index (χ1n) is 7.39. The zero-order valence-corrected chi connectivity index (χ0v) is 15.2. The predicted octanol–water partition coefficient (Wildman–Crippen LogP) is 4.23. The molecule has 0 aliphatic rings. The summed E-state index contributed by atoms with van der Waals surface area (Å²) in [6, 6.07) is 11.8. The second kappa shape index (κ2) is 7.23. The minimum Gasteiger partial charge on any atom is -0.496 e. The normalized spacial score (nSPS) is 10.8. The van der Waals surface area contributed by atoms with Gasteiger partial charge in [-0.1, -0.05) is 35.5 Å². The van der Waals surface area contributed by atoms with Crippen molar-refractivity contribution in [3.63, 3.8) is 0 Å². The van der Waals surface area contributed by atoms with Gasteiger partial charge < -0.3 is 4.74 Å². The smallest absolute Gasteiger partial charge is 0.214 e. The first-order valence-corrected chi connectivity index (χ1v) is 8.76. The summed E-state index contributed by atoms with van der Waals surface area (Å²) in [4.78, 5) is 0. The molecule has 5 nitrogen and oxygen atoms in total. The molecule has 3 aromatic rings. The van der Waals surface area contributed by atoms with Gasteiger partial charge in [-0.05, 0) is 59.7 Å². The lowest BCUT2D eigenvalue weighted by Crippen LogP contribution is -2.02. The number of aryl methyl sites for hydroxylation is 2. The van der Waals surface area contributed by atoms with E-state index in [0.717, 1.165) is 27.7 Å². The van der Waals surface area contributed by atoms with Gasteiger partial charge >= 0.3 is 0 Å². The fourth-order valence-electron chi connectivity index (χ4n) is 2.37. The molecule has 0 amide bonds. The van der Waals surface area contributed by atoms with Crippen molar-refractivity contribution in [3.05, 3.63) is 58.1 Å². The number of benzene rings is 2. The van der Waals surface area contributed by atoms with Crippen molar-refractivity contribution in [3.8, 4) is 11.4 Å². The van der Waals surface area contributed by atoms with E-state index in [1.807, 2.05) is 25.1 Å². The van der Waals surface area contributed by atoms with Crippen LogP contribution in [0.2, 0.25) is 5.02 Å². The van der Waals surface area contributed by atoms with Gasteiger partial charge in [-0.25, -0.2) is 0 Å². The van der Waals surface area contributed by atoms with Crippen LogP contribution in [0.1, 0.15) is 16.7 Å². The summed E-state index contributed by atoms with van der Waals surface area (Å²) < 4.78 is 7.16. The number of methoxy groups -OCH3 is 1. The van der Waals surface area contributed by atoms with Crippen LogP contribution in [0.5, 0.6) is 5.75 Å². The first-order chi connectivity index (χ1) is 11.6. The molecule has 0 unspecified atom stereocenters. The Morgan fingerprint density at radius 1 is 1.17 bits per heavy atom. The summed E-state index contributed by atoms with van der Waals surface area (Å²) in [5.74, 6) is 1.47. The molecule has 0 saturated carbocycles. The Bertz CT molecular complexity index is 866. The SMILES string of the molecule is COc1ccc(Cl)cc1CSc1nnnn1-c1cc(C)ccc1C. The summed E-state index contributed by atoms with van der Waals surface area (Å²) in [5.41, 5.74) is 4.28. The van der Waals surface area contributed by atoms with Crippen LogP contribution >= 0.6 is 23.4 Å². The minimum atomic E-state index is 0.662. The van der Waals surface area contributed by atoms with E-state index in [4.69, 9.17) is 16.3 Å². The molecule has 0 spiro atoms. The number of aromatic nitrogens is 4. The second-order valence-corrected chi connectivity index (χ2v) is 6.79. The van der Waals surface area contributed by atoms with Gasteiger partial charge in [-0.15, -0.1) is 5.10 Å². The van der Waals surface area contributed by atoms with Crippen molar-refractivity contribution in [1.82, 2.24) is 20.2 Å². The maximum absolute atomic E-state index is 6.09. The highest BCUT2D eigenvalue weighted by Crippen LogP contribution is 2.30. The van der Waals surface area contributed by atoms with E-state index in [0.29, 0.717) is 10.8 Å². The van der Waals surface area contributed by atoms with E-state index < -0.39 is 0 Å². The molecule has 0 aliphatic heterocycles. The molecule has 1 aromatic heterocycles. The molecule has 3 rings (SSSR count). The van der Waals surface area contributed by atoms with Crippen molar-refractivity contribution >= 4 is 23.4 Å². The predicted molar refractivity (Wildman–Crippen MR) is 96.2 cm³/mol. The molecule has 0 N–H and O–H groups in total. The van der Waals surface area contributed by atoms with Gasteiger partial charge in [0.15, 0.2) is 0 Å². The Morgan fingerprint density at radius 3 is 2.79 bits per heavy atom. The van der Waals surface area contributed by atoms with Gasteiger partial charge in [0.25, 0.3) is 0 Å². The molecule has 124 valence electrons. The molecule has 0 aliphatic carbocycles. The van der Waals surface area contributed by atoms with Crippen molar-refractivity contribution in [2.24, 2.45) is 0 Å². The molecule has 2 aromatic carbocycles. The van der Waals surface area contributed by atoms with Crippen molar-refractivity contribution < 1.29 is 4.74 Å². The van der Waals surface area contributed by atoms with Gasteiger partial charge in [0.05, 0.1) is 12.8 Å². The Labute approximate surface area is 150 Å². The van der Waals surface area contributed by atoms with Gasteiger partial charge in [0.1, 0.15) is 5.75 Å². The van der Waals surface area contributed by atoms with Crippen molar-refractivity contribution in [1.29, 1.82) is 0 Å². The van der Waals surface area contributed by atoms with Crippen LogP contribution in [0.3, 0.4) is 0 Å². The summed E-state index contributed by atoms with van der Waals surface area (Å²) in [5, 5.41) is 13.5. The van der Waals surface area contributed by atoms with E-state index in [9.17, 15) is 0 Å². The average molecular weight is 361 g/mol. The largest absolute Gasteiger partial charge is 0.496 e. The van der Waals surface area contributed by atoms with Gasteiger partial charge in [0.2, 0.25) is 5.16 Å². The average Bonchev–Trinajstić information content (AvgIpc) is 3.03. The highest BCUT2D eigenvalue weighted by molar-refractivity contribution is 7.98. The molecule has 0 fully saturated rings. The zero-order chi connectivity index (χ0) is 17.1. The number of ether oxygens (including phenoxy) is 1. The number of thioether (sulfide) groups is 1. The lowest BCUT2D eigenvalue weighted by molar-refractivity contribution is 0.411. The highest BCUT2D eigenvalue weighted by Gasteiger charge is 2.13. The van der Waals surface area contributed by atoms with Crippen LogP contribution in [-0.4, -0.2) is 27.3 Å². The summed E-state index contributed by atoms with van der Waals surface area (Å²) in [6.45, 7) is 4.10. The fraction of sp³-hybridized carbons (Fsp3) is 0.235. The number of hydrogen-bond donors (Lipinski definition) is 0. The Balaban J connectivity index is 1.87. The zero-order valence-electron chi connectivity index (χ0n) is 13.7. The van der Waals surface area contributed by atoms with E-state index in [1.54, 1.807) is 23.6 Å². The molecular weight excluding hydrogens is 344 g/mol. The van der Waals surface area contributed by atoms with Gasteiger partial charge in [0, 0.05) is 16.3 Å². The number of hydrogen-bond acceptors (Lipinski definition) is 5. The lowest BCUT2D eigenvalue weighted by atomic mass is 10.1. The number of halogens is 1. The highest BCUT2D eigenvalue weighted by atomic mass is 35.5. The molecule has 24 heavy (non-hydrogen) atoms. The molecule has 0 saturated heterocycles. The lowest BCUT2D eigenvalue weighted by Gasteiger charge is -2.10. The maximum atomic E-state index is 6.09. The van der Waals surface area contributed by atoms with E-state index in [2.05, 4.69) is 40.6 Å². The second-order valence-electron chi connectivity index (χ2n) is 5.41. The summed E-state index contributed by atoms with van der Waals surface area (Å²) in [7, 11) is 1.65. The third-order valence-electron chi connectivity index (χ3n) is 3.63. The molecular formula is C17H17ClN4OS. The monoisotopic (exact) mass is 360 g/mol. The molecule has 1 heterocycles. The van der Waals surface area contributed by atoms with Crippen LogP contribution in [-0.2, 0) is 5.75 Å².